The number of carboxylic acid groups (broad SMARTS) is 1. The molecule has 1 aliphatic heterocycles. The van der Waals surface area contributed by atoms with E-state index in [0.29, 0.717) is 25.3 Å². The molecular formula is C27H34N2O5. The van der Waals surface area contributed by atoms with Gasteiger partial charge in [0.1, 0.15) is 24.1 Å². The van der Waals surface area contributed by atoms with E-state index in [-0.39, 0.29) is 24.3 Å². The van der Waals surface area contributed by atoms with Gasteiger partial charge in [-0.05, 0) is 61.6 Å². The predicted octanol–water partition coefficient (Wildman–Crippen LogP) is 4.25. The summed E-state index contributed by atoms with van der Waals surface area (Å²) in [5.41, 5.74) is 1.71. The number of amides is 1. The first-order chi connectivity index (χ1) is 16.6. The van der Waals surface area contributed by atoms with Crippen LogP contribution in [-0.2, 0) is 16.1 Å². The summed E-state index contributed by atoms with van der Waals surface area (Å²) in [6.07, 6.45) is 5.88. The molecule has 7 heteroatoms. The molecule has 1 heterocycles. The molecule has 0 unspecified atom stereocenters. The Morgan fingerprint density at radius 3 is 2.59 bits per heavy atom. The van der Waals surface area contributed by atoms with Crippen LogP contribution < -0.4 is 19.7 Å². The minimum atomic E-state index is -0.731. The van der Waals surface area contributed by atoms with Crippen molar-refractivity contribution in [2.75, 3.05) is 25.2 Å². The number of carboxylic acids is 1. The lowest BCUT2D eigenvalue weighted by Crippen LogP contribution is -2.48. The first kappa shape index (κ1) is 24.1. The number of methoxy groups -OCH3 is 1. The SMILES string of the molecule is COc1ccc(CN2C(=O)[C@@H](NCC[C@H](C(=O)O)C3CCCCC3)COc3ccccc32)cc1. The fourth-order valence-corrected chi connectivity index (χ4v) is 5.09. The fourth-order valence-electron chi connectivity index (χ4n) is 5.09. The number of nitrogens with zero attached hydrogens (tertiary/aromatic N) is 1. The van der Waals surface area contributed by atoms with Gasteiger partial charge in [0, 0.05) is 0 Å². The van der Waals surface area contributed by atoms with Crippen molar-refractivity contribution in [2.24, 2.45) is 11.8 Å². The number of hydrogen-bond donors (Lipinski definition) is 2. The van der Waals surface area contributed by atoms with Gasteiger partial charge in [0.15, 0.2) is 0 Å². The normalized spacial score (nSPS) is 19.6. The van der Waals surface area contributed by atoms with Gasteiger partial charge in [-0.2, -0.15) is 0 Å². The van der Waals surface area contributed by atoms with Crippen molar-refractivity contribution in [1.29, 1.82) is 0 Å². The maximum absolute atomic E-state index is 13.6. The van der Waals surface area contributed by atoms with E-state index in [1.54, 1.807) is 12.0 Å². The van der Waals surface area contributed by atoms with Crippen LogP contribution in [0.3, 0.4) is 0 Å². The molecule has 0 aromatic heterocycles. The number of ether oxygens (including phenoxy) is 2. The molecule has 0 radical (unpaired) electrons. The van der Waals surface area contributed by atoms with Crippen LogP contribution in [0.4, 0.5) is 5.69 Å². The molecule has 182 valence electrons. The summed E-state index contributed by atoms with van der Waals surface area (Å²) in [6, 6.07) is 14.7. The topological polar surface area (TPSA) is 88.1 Å². The van der Waals surface area contributed by atoms with E-state index < -0.39 is 12.0 Å². The summed E-state index contributed by atoms with van der Waals surface area (Å²) >= 11 is 0. The van der Waals surface area contributed by atoms with Gasteiger partial charge in [-0.25, -0.2) is 0 Å². The van der Waals surface area contributed by atoms with E-state index >= 15 is 0 Å². The summed E-state index contributed by atoms with van der Waals surface area (Å²) in [5, 5.41) is 13.1. The lowest BCUT2D eigenvalue weighted by Gasteiger charge is -2.28. The lowest BCUT2D eigenvalue weighted by molar-refractivity contribution is -0.144. The molecule has 2 aliphatic rings. The van der Waals surface area contributed by atoms with E-state index in [4.69, 9.17) is 9.47 Å². The number of anilines is 1. The highest BCUT2D eigenvalue weighted by atomic mass is 16.5. The number of carbonyl (C=O) groups is 2. The van der Waals surface area contributed by atoms with Crippen LogP contribution in [0, 0.1) is 11.8 Å². The Hall–Kier alpha value is -3.06. The van der Waals surface area contributed by atoms with Crippen LogP contribution in [0.15, 0.2) is 48.5 Å². The maximum atomic E-state index is 13.6. The fraction of sp³-hybridized carbons (Fsp3) is 0.481. The molecule has 1 saturated carbocycles. The van der Waals surface area contributed by atoms with Gasteiger partial charge in [0.05, 0.1) is 25.3 Å². The molecule has 2 aromatic carbocycles. The summed E-state index contributed by atoms with van der Waals surface area (Å²) < 4.78 is 11.2. The van der Waals surface area contributed by atoms with Gasteiger partial charge in [0.25, 0.3) is 0 Å². The number of fused-ring (bicyclic) bond motifs is 1. The van der Waals surface area contributed by atoms with E-state index in [0.717, 1.165) is 42.7 Å². The molecule has 4 rings (SSSR count). The van der Waals surface area contributed by atoms with Crippen LogP contribution in [0.2, 0.25) is 0 Å². The molecule has 0 bridgehead atoms. The second-order valence-electron chi connectivity index (χ2n) is 9.19. The van der Waals surface area contributed by atoms with E-state index in [1.807, 2.05) is 48.5 Å². The molecule has 2 aromatic rings. The summed E-state index contributed by atoms with van der Waals surface area (Å²) in [5.74, 6) is 0.475. The monoisotopic (exact) mass is 466 g/mol. The molecule has 2 atom stereocenters. The average Bonchev–Trinajstić information content (AvgIpc) is 2.99. The molecule has 1 fully saturated rings. The molecule has 1 amide bonds. The van der Waals surface area contributed by atoms with E-state index in [9.17, 15) is 14.7 Å². The van der Waals surface area contributed by atoms with Crippen molar-refractivity contribution >= 4 is 17.6 Å². The Bertz CT molecular complexity index is 971. The maximum Gasteiger partial charge on any atom is 0.306 e. The first-order valence-corrected chi connectivity index (χ1v) is 12.2. The highest BCUT2D eigenvalue weighted by molar-refractivity contribution is 5.99. The minimum absolute atomic E-state index is 0.0784. The highest BCUT2D eigenvalue weighted by Crippen LogP contribution is 2.33. The third-order valence-corrected chi connectivity index (χ3v) is 7.01. The zero-order valence-electron chi connectivity index (χ0n) is 19.7. The Balaban J connectivity index is 1.45. The predicted molar refractivity (Wildman–Crippen MR) is 130 cm³/mol. The van der Waals surface area contributed by atoms with Crippen molar-refractivity contribution in [3.8, 4) is 11.5 Å². The Labute approximate surface area is 201 Å². The van der Waals surface area contributed by atoms with Crippen molar-refractivity contribution in [3.63, 3.8) is 0 Å². The molecule has 1 aliphatic carbocycles. The lowest BCUT2D eigenvalue weighted by atomic mass is 9.78. The van der Waals surface area contributed by atoms with Gasteiger partial charge in [-0.3, -0.25) is 9.59 Å². The largest absolute Gasteiger partial charge is 0.497 e. The Kier molecular flexibility index (Phi) is 8.06. The average molecular weight is 467 g/mol. The number of hydrogen-bond acceptors (Lipinski definition) is 5. The van der Waals surface area contributed by atoms with Crippen LogP contribution in [-0.4, -0.2) is 43.3 Å². The van der Waals surface area contributed by atoms with Gasteiger partial charge in [0.2, 0.25) is 5.91 Å². The van der Waals surface area contributed by atoms with E-state index in [2.05, 4.69) is 5.32 Å². The van der Waals surface area contributed by atoms with Crippen molar-refractivity contribution in [1.82, 2.24) is 5.32 Å². The Morgan fingerprint density at radius 2 is 1.88 bits per heavy atom. The molecule has 0 saturated heterocycles. The van der Waals surface area contributed by atoms with Crippen LogP contribution in [0.25, 0.3) is 0 Å². The zero-order valence-corrected chi connectivity index (χ0v) is 19.7. The third-order valence-electron chi connectivity index (χ3n) is 7.01. The van der Waals surface area contributed by atoms with Gasteiger partial charge < -0.3 is 24.8 Å². The zero-order chi connectivity index (χ0) is 23.9. The van der Waals surface area contributed by atoms with Gasteiger partial charge >= 0.3 is 5.97 Å². The number of benzene rings is 2. The number of carbonyl (C=O) groups excluding carboxylic acids is 1. The second-order valence-corrected chi connectivity index (χ2v) is 9.19. The van der Waals surface area contributed by atoms with Crippen molar-refractivity contribution < 1.29 is 24.2 Å². The van der Waals surface area contributed by atoms with Crippen LogP contribution >= 0.6 is 0 Å². The van der Waals surface area contributed by atoms with Crippen molar-refractivity contribution in [3.05, 3.63) is 54.1 Å². The summed E-state index contributed by atoms with van der Waals surface area (Å²) in [6.45, 7) is 1.07. The standard InChI is InChI=1S/C27H34N2O5/c1-33-21-13-11-19(12-14-21)17-29-24-9-5-6-10-25(24)34-18-23(26(29)30)28-16-15-22(27(31)32)20-7-3-2-4-8-20/h5-6,9-14,20,22-23,28H,2-4,7-8,15-18H2,1H3,(H,31,32)/t22-,23-/m0/s1. The third kappa shape index (κ3) is 5.70. The quantitative estimate of drug-likeness (QED) is 0.574. The van der Waals surface area contributed by atoms with Gasteiger partial charge in [-0.1, -0.05) is 43.5 Å². The number of aliphatic carboxylic acids is 1. The first-order valence-electron chi connectivity index (χ1n) is 12.2. The molecular weight excluding hydrogens is 432 g/mol. The number of para-hydroxylation sites is 2. The smallest absolute Gasteiger partial charge is 0.306 e. The number of nitrogens with one attached hydrogen (secondary N) is 1. The minimum Gasteiger partial charge on any atom is -0.497 e. The van der Waals surface area contributed by atoms with E-state index in [1.165, 1.54) is 6.42 Å². The molecule has 34 heavy (non-hydrogen) atoms. The number of rotatable bonds is 9. The van der Waals surface area contributed by atoms with Crippen LogP contribution in [0.1, 0.15) is 44.1 Å². The summed E-state index contributed by atoms with van der Waals surface area (Å²) in [4.78, 5) is 27.3. The second kappa shape index (κ2) is 11.4. The highest BCUT2D eigenvalue weighted by Gasteiger charge is 2.33. The van der Waals surface area contributed by atoms with Gasteiger partial charge in [-0.15, -0.1) is 0 Å². The summed E-state index contributed by atoms with van der Waals surface area (Å²) in [7, 11) is 1.63. The molecule has 2 N–H and O–H groups in total. The Morgan fingerprint density at radius 1 is 1.15 bits per heavy atom. The molecule has 7 nitrogen and oxygen atoms in total. The van der Waals surface area contributed by atoms with Crippen LogP contribution in [0.5, 0.6) is 11.5 Å². The molecule has 0 spiro atoms. The van der Waals surface area contributed by atoms with Crippen molar-refractivity contribution in [2.45, 2.75) is 51.1 Å².